The van der Waals surface area contributed by atoms with E-state index in [-0.39, 0.29) is 16.4 Å². The van der Waals surface area contributed by atoms with E-state index in [4.69, 9.17) is 11.6 Å². The molecule has 18 heavy (non-hydrogen) atoms. The fraction of sp³-hybridized carbons (Fsp3) is 0.364. The number of rotatable bonds is 1. The molecule has 2 N–H and O–H groups in total. The number of fused-ring (bicyclic) bond motifs is 1. The maximum atomic E-state index is 12.1. The molecule has 0 radical (unpaired) electrons. The van der Waals surface area contributed by atoms with Crippen molar-refractivity contribution in [3.05, 3.63) is 23.2 Å². The van der Waals surface area contributed by atoms with Crippen molar-refractivity contribution in [2.24, 2.45) is 4.99 Å². The SMILES string of the molecule is CC1(N=C2Nc3ccc(Cl)cc3S(=O)(=O)N2)CC1. The van der Waals surface area contributed by atoms with E-state index >= 15 is 0 Å². The molecule has 0 saturated heterocycles. The molecule has 0 bridgehead atoms. The Morgan fingerprint density at radius 2 is 2.11 bits per heavy atom. The molecule has 96 valence electrons. The second-order valence-corrected chi connectivity index (χ2v) is 6.92. The lowest BCUT2D eigenvalue weighted by Crippen LogP contribution is -2.41. The van der Waals surface area contributed by atoms with Crippen molar-refractivity contribution in [2.45, 2.75) is 30.2 Å². The van der Waals surface area contributed by atoms with Crippen LogP contribution in [0.15, 0.2) is 28.1 Å². The number of nitrogens with one attached hydrogen (secondary N) is 2. The Kier molecular flexibility index (Phi) is 2.37. The fourth-order valence-electron chi connectivity index (χ4n) is 1.77. The molecule has 1 heterocycles. The quantitative estimate of drug-likeness (QED) is 0.828. The van der Waals surface area contributed by atoms with E-state index < -0.39 is 10.0 Å². The molecular weight excluding hydrogens is 274 g/mol. The van der Waals surface area contributed by atoms with Gasteiger partial charge in [0, 0.05) is 5.02 Å². The molecule has 1 saturated carbocycles. The van der Waals surface area contributed by atoms with E-state index in [1.165, 1.54) is 6.07 Å². The van der Waals surface area contributed by atoms with Gasteiger partial charge in [-0.2, -0.15) is 0 Å². The Labute approximate surface area is 110 Å². The fourth-order valence-corrected chi connectivity index (χ4v) is 3.16. The van der Waals surface area contributed by atoms with Gasteiger partial charge in [-0.05, 0) is 38.0 Å². The number of hydrogen-bond acceptors (Lipinski definition) is 3. The van der Waals surface area contributed by atoms with Crippen molar-refractivity contribution < 1.29 is 8.42 Å². The third-order valence-corrected chi connectivity index (χ3v) is 4.69. The summed E-state index contributed by atoms with van der Waals surface area (Å²) >= 11 is 5.81. The molecule has 0 spiro atoms. The highest BCUT2D eigenvalue weighted by molar-refractivity contribution is 7.90. The first kappa shape index (κ1) is 11.8. The number of halogens is 1. The van der Waals surface area contributed by atoms with Crippen LogP contribution in [0.1, 0.15) is 19.8 Å². The highest BCUT2D eigenvalue weighted by Gasteiger charge is 2.39. The Bertz CT molecular complexity index is 650. The zero-order chi connectivity index (χ0) is 13.0. The van der Waals surface area contributed by atoms with Crippen molar-refractivity contribution in [3.8, 4) is 0 Å². The van der Waals surface area contributed by atoms with Gasteiger partial charge >= 0.3 is 0 Å². The van der Waals surface area contributed by atoms with Gasteiger partial charge in [0.1, 0.15) is 4.90 Å². The van der Waals surface area contributed by atoms with Crippen molar-refractivity contribution >= 4 is 33.3 Å². The molecule has 1 aromatic carbocycles. The maximum absolute atomic E-state index is 12.1. The molecular formula is C11H12ClN3O2S. The van der Waals surface area contributed by atoms with Gasteiger partial charge in [0.05, 0.1) is 11.2 Å². The molecule has 1 fully saturated rings. The van der Waals surface area contributed by atoms with Gasteiger partial charge in [-0.25, -0.2) is 18.1 Å². The third-order valence-electron chi connectivity index (χ3n) is 3.07. The van der Waals surface area contributed by atoms with Gasteiger partial charge in [0.15, 0.2) is 0 Å². The lowest BCUT2D eigenvalue weighted by molar-refractivity contribution is 0.591. The zero-order valence-electron chi connectivity index (χ0n) is 9.70. The smallest absolute Gasteiger partial charge is 0.266 e. The van der Waals surface area contributed by atoms with Gasteiger partial charge in [0.2, 0.25) is 5.96 Å². The first-order chi connectivity index (χ1) is 8.38. The van der Waals surface area contributed by atoms with Crippen LogP contribution in [0.2, 0.25) is 5.02 Å². The van der Waals surface area contributed by atoms with Crippen molar-refractivity contribution in [1.29, 1.82) is 0 Å². The van der Waals surface area contributed by atoms with E-state index in [0.717, 1.165) is 12.8 Å². The predicted octanol–water partition coefficient (Wildman–Crippen LogP) is 1.95. The number of hydrogen-bond donors (Lipinski definition) is 2. The first-order valence-corrected chi connectivity index (χ1v) is 7.43. The second kappa shape index (κ2) is 3.61. The number of guanidine groups is 1. The topological polar surface area (TPSA) is 70.6 Å². The molecule has 7 heteroatoms. The van der Waals surface area contributed by atoms with Crippen LogP contribution in [0.3, 0.4) is 0 Å². The molecule has 0 unspecified atom stereocenters. The Morgan fingerprint density at radius 1 is 1.39 bits per heavy atom. The lowest BCUT2D eigenvalue weighted by Gasteiger charge is -2.22. The highest BCUT2D eigenvalue weighted by Crippen LogP contribution is 2.39. The number of anilines is 1. The monoisotopic (exact) mass is 285 g/mol. The molecule has 0 aromatic heterocycles. The van der Waals surface area contributed by atoms with Crippen LogP contribution in [0, 0.1) is 0 Å². The summed E-state index contributed by atoms with van der Waals surface area (Å²) in [6.45, 7) is 1.99. The van der Waals surface area contributed by atoms with Crippen LogP contribution in [0.25, 0.3) is 0 Å². The van der Waals surface area contributed by atoms with Crippen LogP contribution < -0.4 is 10.0 Å². The minimum Gasteiger partial charge on any atom is -0.324 e. The van der Waals surface area contributed by atoms with Crippen molar-refractivity contribution in [2.75, 3.05) is 5.32 Å². The summed E-state index contributed by atoms with van der Waals surface area (Å²) in [6.07, 6.45) is 1.96. The lowest BCUT2D eigenvalue weighted by atomic mass is 10.3. The van der Waals surface area contributed by atoms with E-state index in [0.29, 0.717) is 10.7 Å². The molecule has 1 aliphatic heterocycles. The largest absolute Gasteiger partial charge is 0.324 e. The van der Waals surface area contributed by atoms with Crippen LogP contribution >= 0.6 is 11.6 Å². The number of sulfonamides is 1. The Morgan fingerprint density at radius 3 is 2.78 bits per heavy atom. The molecule has 0 amide bonds. The molecule has 1 aromatic rings. The minimum absolute atomic E-state index is 0.130. The van der Waals surface area contributed by atoms with Crippen LogP contribution in [-0.2, 0) is 10.0 Å². The summed E-state index contributed by atoms with van der Waals surface area (Å²) in [5.41, 5.74) is 0.371. The van der Waals surface area contributed by atoms with Crippen LogP contribution in [-0.4, -0.2) is 19.9 Å². The first-order valence-electron chi connectivity index (χ1n) is 5.57. The summed E-state index contributed by atoms with van der Waals surface area (Å²) in [6, 6.07) is 4.70. The van der Waals surface area contributed by atoms with E-state index in [1.807, 2.05) is 6.92 Å². The summed E-state index contributed by atoms with van der Waals surface area (Å²) < 4.78 is 26.5. The van der Waals surface area contributed by atoms with Gasteiger partial charge < -0.3 is 5.32 Å². The molecule has 2 aliphatic rings. The Balaban J connectivity index is 2.06. The van der Waals surface area contributed by atoms with E-state index in [9.17, 15) is 8.42 Å². The molecule has 5 nitrogen and oxygen atoms in total. The molecule has 3 rings (SSSR count). The van der Waals surface area contributed by atoms with Gasteiger partial charge in [0.25, 0.3) is 10.0 Å². The Hall–Kier alpha value is -1.27. The van der Waals surface area contributed by atoms with E-state index in [1.54, 1.807) is 12.1 Å². The molecule has 0 atom stereocenters. The second-order valence-electron chi connectivity index (χ2n) is 4.83. The van der Waals surface area contributed by atoms with Crippen LogP contribution in [0.5, 0.6) is 0 Å². The number of benzene rings is 1. The van der Waals surface area contributed by atoms with Gasteiger partial charge in [-0.3, -0.25) is 0 Å². The van der Waals surface area contributed by atoms with Crippen molar-refractivity contribution in [1.82, 2.24) is 4.72 Å². The third kappa shape index (κ3) is 2.06. The number of aliphatic imine (C=N–C) groups is 1. The molecule has 1 aliphatic carbocycles. The maximum Gasteiger partial charge on any atom is 0.266 e. The average Bonchev–Trinajstić information content (AvgIpc) is 2.96. The standard InChI is InChI=1S/C11H12ClN3O2S/c1-11(4-5-11)14-10-13-8-3-2-7(12)6-9(8)18(16,17)15-10/h2-3,6H,4-5H2,1H3,(H2,13,14,15). The van der Waals surface area contributed by atoms with Crippen LogP contribution in [0.4, 0.5) is 5.69 Å². The van der Waals surface area contributed by atoms with Gasteiger partial charge in [-0.1, -0.05) is 11.6 Å². The minimum atomic E-state index is -3.59. The zero-order valence-corrected chi connectivity index (χ0v) is 11.3. The summed E-state index contributed by atoms with van der Waals surface area (Å²) in [4.78, 5) is 4.53. The number of nitrogens with zero attached hydrogens (tertiary/aromatic N) is 1. The predicted molar refractivity (Wildman–Crippen MR) is 70.5 cm³/mol. The van der Waals surface area contributed by atoms with E-state index in [2.05, 4.69) is 15.0 Å². The summed E-state index contributed by atoms with van der Waals surface area (Å²) in [7, 11) is -3.59. The summed E-state index contributed by atoms with van der Waals surface area (Å²) in [5, 5.41) is 3.36. The average molecular weight is 286 g/mol. The summed E-state index contributed by atoms with van der Waals surface area (Å²) in [5.74, 6) is 0.282. The van der Waals surface area contributed by atoms with Crippen molar-refractivity contribution in [3.63, 3.8) is 0 Å². The normalized spacial score (nSPS) is 24.9. The highest BCUT2D eigenvalue weighted by atomic mass is 35.5. The van der Waals surface area contributed by atoms with Gasteiger partial charge in [-0.15, -0.1) is 0 Å².